The summed E-state index contributed by atoms with van der Waals surface area (Å²) in [7, 11) is 0. The molecule has 2 aliphatic carbocycles. The fourth-order valence-electron chi connectivity index (χ4n) is 6.95. The van der Waals surface area contributed by atoms with Gasteiger partial charge in [-0.15, -0.1) is 0 Å². The smallest absolute Gasteiger partial charge is 0.344 e. The normalized spacial score (nSPS) is 17.3. The summed E-state index contributed by atoms with van der Waals surface area (Å²) in [5, 5.41) is 0. The lowest BCUT2D eigenvalue weighted by atomic mass is 9.76. The zero-order chi connectivity index (χ0) is 26.7. The monoisotopic (exact) mass is 509 g/mol. The highest BCUT2D eigenvalue weighted by atomic mass is 16.6. The van der Waals surface area contributed by atoms with Gasteiger partial charge in [0.05, 0.1) is 13.2 Å². The van der Waals surface area contributed by atoms with Crippen molar-refractivity contribution in [1.82, 2.24) is 4.90 Å². The minimum atomic E-state index is -1.83. The maximum atomic E-state index is 13.4. The second kappa shape index (κ2) is 8.83. The highest BCUT2D eigenvalue weighted by Crippen LogP contribution is 2.55. The van der Waals surface area contributed by atoms with Gasteiger partial charge in [0, 0.05) is 25.3 Å². The highest BCUT2D eigenvalue weighted by molar-refractivity contribution is 6.08. The Bertz CT molecular complexity index is 1430. The fraction of sp³-hybridized carbons (Fsp3) is 0.344. The van der Waals surface area contributed by atoms with Gasteiger partial charge in [0.2, 0.25) is 11.4 Å². The van der Waals surface area contributed by atoms with E-state index in [4.69, 9.17) is 9.47 Å². The summed E-state index contributed by atoms with van der Waals surface area (Å²) in [6.45, 7) is 5.11. The fourth-order valence-corrected chi connectivity index (χ4v) is 6.95. The number of carbonyl (C=O) groups is 3. The van der Waals surface area contributed by atoms with Crippen LogP contribution in [0.25, 0.3) is 11.1 Å². The predicted molar refractivity (Wildman–Crippen MR) is 142 cm³/mol. The van der Waals surface area contributed by atoms with Crippen LogP contribution in [0.1, 0.15) is 54.2 Å². The van der Waals surface area contributed by atoms with Crippen LogP contribution < -0.4 is 0 Å². The zero-order valence-electron chi connectivity index (χ0n) is 22.0. The molecule has 0 aromatic heterocycles. The molecule has 1 spiro atoms. The van der Waals surface area contributed by atoms with Crippen LogP contribution in [0.3, 0.4) is 0 Å². The lowest BCUT2D eigenvalue weighted by Gasteiger charge is -2.43. The molecule has 0 fully saturated rings. The first-order valence-electron chi connectivity index (χ1n) is 13.3. The van der Waals surface area contributed by atoms with Gasteiger partial charge in [0.25, 0.3) is 0 Å². The lowest BCUT2D eigenvalue weighted by molar-refractivity contribution is -0.180. The van der Waals surface area contributed by atoms with Crippen LogP contribution in [0.5, 0.6) is 0 Å². The van der Waals surface area contributed by atoms with Crippen LogP contribution >= 0.6 is 0 Å². The maximum Gasteiger partial charge on any atom is 0.344 e. The number of amides is 1. The van der Waals surface area contributed by atoms with E-state index >= 15 is 0 Å². The number of fused-ring (bicyclic) bond motifs is 7. The Kier molecular flexibility index (Phi) is 5.67. The number of benzene rings is 3. The molecule has 0 atom stereocenters. The van der Waals surface area contributed by atoms with Crippen LogP contribution in [0.15, 0.2) is 60.7 Å². The summed E-state index contributed by atoms with van der Waals surface area (Å²) in [6, 6.07) is 21.6. The third-order valence-electron chi connectivity index (χ3n) is 8.52. The van der Waals surface area contributed by atoms with Gasteiger partial charge in [-0.25, -0.2) is 9.59 Å². The average molecular weight is 510 g/mol. The van der Waals surface area contributed by atoms with Crippen molar-refractivity contribution in [2.45, 2.75) is 57.5 Å². The van der Waals surface area contributed by atoms with Crippen LogP contribution in [-0.4, -0.2) is 41.5 Å². The van der Waals surface area contributed by atoms with Crippen LogP contribution in [-0.2, 0) is 55.1 Å². The Morgan fingerprint density at radius 2 is 1.21 bits per heavy atom. The molecule has 1 aliphatic heterocycles. The summed E-state index contributed by atoms with van der Waals surface area (Å²) in [4.78, 5) is 40.9. The quantitative estimate of drug-likeness (QED) is 0.382. The van der Waals surface area contributed by atoms with Crippen molar-refractivity contribution >= 4 is 17.8 Å². The van der Waals surface area contributed by atoms with Crippen molar-refractivity contribution in [3.8, 4) is 11.1 Å². The largest absolute Gasteiger partial charge is 0.464 e. The molecular weight excluding hydrogens is 478 g/mol. The van der Waals surface area contributed by atoms with Gasteiger partial charge in [-0.05, 0) is 71.2 Å². The van der Waals surface area contributed by atoms with E-state index in [1.54, 1.807) is 13.8 Å². The average Bonchev–Trinajstić information content (AvgIpc) is 3.42. The van der Waals surface area contributed by atoms with E-state index in [2.05, 4.69) is 60.7 Å². The highest BCUT2D eigenvalue weighted by Gasteiger charge is 2.58. The van der Waals surface area contributed by atoms with E-state index in [0.29, 0.717) is 0 Å². The molecule has 6 rings (SSSR count). The molecule has 3 aromatic carbocycles. The molecule has 1 amide bonds. The van der Waals surface area contributed by atoms with E-state index in [1.807, 2.05) is 0 Å². The maximum absolute atomic E-state index is 13.4. The molecular formula is C32H31NO5. The van der Waals surface area contributed by atoms with Crippen molar-refractivity contribution in [1.29, 1.82) is 0 Å². The van der Waals surface area contributed by atoms with Crippen LogP contribution in [0.4, 0.5) is 0 Å². The molecule has 0 unspecified atom stereocenters. The molecule has 0 radical (unpaired) electrons. The zero-order valence-corrected chi connectivity index (χ0v) is 22.0. The Labute approximate surface area is 222 Å². The van der Waals surface area contributed by atoms with Crippen molar-refractivity contribution in [2.75, 3.05) is 13.2 Å². The number of hydrogen-bond donors (Lipinski definition) is 0. The van der Waals surface area contributed by atoms with E-state index in [-0.39, 0.29) is 37.5 Å². The van der Waals surface area contributed by atoms with Gasteiger partial charge < -0.3 is 14.4 Å². The molecule has 194 valence electrons. The predicted octanol–water partition coefficient (Wildman–Crippen LogP) is 4.52. The summed E-state index contributed by atoms with van der Waals surface area (Å²) in [6.07, 6.45) is 1.74. The summed E-state index contributed by atoms with van der Waals surface area (Å²) in [5.41, 5.74) is 7.58. The molecule has 38 heavy (non-hydrogen) atoms. The number of esters is 2. The minimum absolute atomic E-state index is 0.0348. The third-order valence-corrected chi connectivity index (χ3v) is 8.52. The summed E-state index contributed by atoms with van der Waals surface area (Å²) in [5.74, 6) is -1.85. The van der Waals surface area contributed by atoms with Crippen LogP contribution in [0, 0.1) is 0 Å². The first-order valence-corrected chi connectivity index (χ1v) is 13.3. The number of hydrogen-bond acceptors (Lipinski definition) is 5. The van der Waals surface area contributed by atoms with E-state index < -0.39 is 17.5 Å². The van der Waals surface area contributed by atoms with Gasteiger partial charge in [-0.1, -0.05) is 60.7 Å². The first-order chi connectivity index (χ1) is 18.4. The number of carbonyl (C=O) groups excluding carboxylic acids is 3. The van der Waals surface area contributed by atoms with Crippen LogP contribution in [0.2, 0.25) is 0 Å². The van der Waals surface area contributed by atoms with Gasteiger partial charge in [0.1, 0.15) is 0 Å². The molecule has 3 aromatic rings. The van der Waals surface area contributed by atoms with Gasteiger partial charge in [0.15, 0.2) is 0 Å². The third kappa shape index (κ3) is 3.29. The van der Waals surface area contributed by atoms with Crippen molar-refractivity contribution in [2.24, 2.45) is 0 Å². The number of nitrogens with zero attached hydrogens (tertiary/aromatic N) is 1. The Morgan fingerprint density at radius 1 is 0.737 bits per heavy atom. The number of ether oxygens (including phenoxy) is 2. The second-order valence-electron chi connectivity index (χ2n) is 10.5. The molecule has 0 saturated carbocycles. The lowest BCUT2D eigenvalue weighted by Crippen LogP contribution is -2.65. The molecule has 6 nitrogen and oxygen atoms in total. The Hall–Kier alpha value is -3.93. The molecule has 1 heterocycles. The van der Waals surface area contributed by atoms with E-state index in [9.17, 15) is 14.4 Å². The molecule has 3 aliphatic rings. The van der Waals surface area contributed by atoms with E-state index in [0.717, 1.165) is 24.0 Å². The van der Waals surface area contributed by atoms with Crippen molar-refractivity contribution in [3.63, 3.8) is 0 Å². The SMILES string of the molecule is CCOC(=O)C1(C(=O)OCC)Cc2cc3c(cc2CN1C(C)=O)CC1(C3)c2ccccc2-c2ccccc21. The number of rotatable bonds is 4. The first kappa shape index (κ1) is 24.4. The molecule has 6 heteroatoms. The second-order valence-corrected chi connectivity index (χ2v) is 10.5. The molecule has 0 saturated heterocycles. The Morgan fingerprint density at radius 3 is 1.71 bits per heavy atom. The van der Waals surface area contributed by atoms with Gasteiger partial charge in [-0.3, -0.25) is 4.79 Å². The van der Waals surface area contributed by atoms with Crippen molar-refractivity contribution < 1.29 is 23.9 Å². The van der Waals surface area contributed by atoms with E-state index in [1.165, 1.54) is 45.2 Å². The summed E-state index contributed by atoms with van der Waals surface area (Å²) < 4.78 is 10.7. The molecule has 0 N–H and O–H groups in total. The molecule has 0 bridgehead atoms. The van der Waals surface area contributed by atoms with Crippen molar-refractivity contribution in [3.05, 3.63) is 94.0 Å². The standard InChI is InChI=1S/C32H31NO5/c1-4-37-29(35)32(30(36)38-5-2)18-23-14-21-16-31(17-22(21)15-24(23)19-33(32)20(3)34)27-12-8-6-10-25(27)26-11-7-9-13-28(26)31/h6-15H,4-5,16-19H2,1-3H3. The topological polar surface area (TPSA) is 72.9 Å². The summed E-state index contributed by atoms with van der Waals surface area (Å²) >= 11 is 0. The minimum Gasteiger partial charge on any atom is -0.464 e. The van der Waals surface area contributed by atoms with Gasteiger partial charge >= 0.3 is 11.9 Å². The van der Waals surface area contributed by atoms with Gasteiger partial charge in [-0.2, -0.15) is 0 Å². The Balaban J connectivity index is 1.46.